The van der Waals surface area contributed by atoms with Gasteiger partial charge in [0.25, 0.3) is 5.91 Å². The second-order valence-corrected chi connectivity index (χ2v) is 7.07. The molecule has 1 heterocycles. The number of hydrogen-bond donors (Lipinski definition) is 1. The van der Waals surface area contributed by atoms with Crippen molar-refractivity contribution in [2.24, 2.45) is 0 Å². The van der Waals surface area contributed by atoms with Crippen molar-refractivity contribution < 1.29 is 9.53 Å². The van der Waals surface area contributed by atoms with Gasteiger partial charge in [-0.2, -0.15) is 0 Å². The molecule has 4 nitrogen and oxygen atoms in total. The Hall–Kier alpha value is -2.17. The zero-order valence-corrected chi connectivity index (χ0v) is 14.7. The lowest BCUT2D eigenvalue weighted by molar-refractivity contribution is -0.140. The summed E-state index contributed by atoms with van der Waals surface area (Å²) < 4.78 is 5.97. The van der Waals surface area contributed by atoms with E-state index >= 15 is 0 Å². The monoisotopic (exact) mass is 336 g/mol. The standard InChI is InChI=1S/C21H24N2O2/c1-23(2)21(24)19-12-11-14(25-19)13-22-20-17-9-5-3-7-15(17)16-8-4-6-10-18(16)20/h3-10,14,19-20,22H,11-13H2,1-2H3. The van der Waals surface area contributed by atoms with E-state index in [0.29, 0.717) is 0 Å². The molecule has 1 aliphatic carbocycles. The molecule has 1 saturated heterocycles. The van der Waals surface area contributed by atoms with Crippen molar-refractivity contribution in [1.29, 1.82) is 0 Å². The Morgan fingerprint density at radius 2 is 1.64 bits per heavy atom. The van der Waals surface area contributed by atoms with Crippen LogP contribution in [0, 0.1) is 0 Å². The smallest absolute Gasteiger partial charge is 0.251 e. The lowest BCUT2D eigenvalue weighted by Gasteiger charge is -2.20. The van der Waals surface area contributed by atoms with Gasteiger partial charge in [-0.15, -0.1) is 0 Å². The fourth-order valence-corrected chi connectivity index (χ4v) is 3.95. The molecule has 1 aliphatic heterocycles. The van der Waals surface area contributed by atoms with Crippen LogP contribution in [0.2, 0.25) is 0 Å². The molecule has 2 atom stereocenters. The topological polar surface area (TPSA) is 41.6 Å². The minimum atomic E-state index is -0.287. The van der Waals surface area contributed by atoms with Crippen LogP contribution < -0.4 is 5.32 Å². The average Bonchev–Trinajstić information content (AvgIpc) is 3.22. The first-order chi connectivity index (χ1) is 12.1. The van der Waals surface area contributed by atoms with Gasteiger partial charge in [0.05, 0.1) is 12.1 Å². The highest BCUT2D eigenvalue weighted by Crippen LogP contribution is 2.43. The SMILES string of the molecule is CN(C)C(=O)C1CCC(CNC2c3ccccc3-c3ccccc32)O1. The number of ether oxygens (including phenoxy) is 1. The molecule has 4 heteroatoms. The number of carbonyl (C=O) groups excluding carboxylic acids is 1. The number of benzene rings is 2. The molecular weight excluding hydrogens is 312 g/mol. The van der Waals surface area contributed by atoms with Crippen molar-refractivity contribution in [3.63, 3.8) is 0 Å². The van der Waals surface area contributed by atoms with Crippen LogP contribution in [-0.2, 0) is 9.53 Å². The van der Waals surface area contributed by atoms with Crippen molar-refractivity contribution in [3.05, 3.63) is 59.7 Å². The van der Waals surface area contributed by atoms with Crippen molar-refractivity contribution in [1.82, 2.24) is 10.2 Å². The average molecular weight is 336 g/mol. The first kappa shape index (κ1) is 16.3. The Labute approximate surface area is 148 Å². The fraction of sp³-hybridized carbons (Fsp3) is 0.381. The summed E-state index contributed by atoms with van der Waals surface area (Å²) in [5.74, 6) is 0.0686. The molecular formula is C21H24N2O2. The molecule has 0 radical (unpaired) electrons. The molecule has 0 bridgehead atoms. The third-order valence-corrected chi connectivity index (χ3v) is 5.21. The number of amides is 1. The fourth-order valence-electron chi connectivity index (χ4n) is 3.95. The van der Waals surface area contributed by atoms with Crippen LogP contribution in [0.5, 0.6) is 0 Å². The minimum absolute atomic E-state index is 0.0686. The number of hydrogen-bond acceptors (Lipinski definition) is 3. The van der Waals surface area contributed by atoms with Crippen LogP contribution >= 0.6 is 0 Å². The van der Waals surface area contributed by atoms with Crippen LogP contribution in [0.4, 0.5) is 0 Å². The van der Waals surface area contributed by atoms with Gasteiger partial charge in [-0.05, 0) is 35.1 Å². The van der Waals surface area contributed by atoms with Crippen LogP contribution in [0.15, 0.2) is 48.5 Å². The van der Waals surface area contributed by atoms with Crippen molar-refractivity contribution in [2.75, 3.05) is 20.6 Å². The maximum absolute atomic E-state index is 12.1. The van der Waals surface area contributed by atoms with Gasteiger partial charge < -0.3 is 15.0 Å². The molecule has 0 aromatic heterocycles. The quantitative estimate of drug-likeness (QED) is 0.933. The van der Waals surface area contributed by atoms with Crippen LogP contribution in [-0.4, -0.2) is 43.7 Å². The molecule has 2 aromatic rings. The third kappa shape index (κ3) is 2.96. The summed E-state index contributed by atoms with van der Waals surface area (Å²) in [5.41, 5.74) is 5.26. The van der Waals surface area contributed by atoms with Gasteiger partial charge in [0.1, 0.15) is 6.10 Å². The first-order valence-corrected chi connectivity index (χ1v) is 8.93. The Kier molecular flexibility index (Phi) is 4.32. The van der Waals surface area contributed by atoms with E-state index in [1.54, 1.807) is 19.0 Å². The zero-order chi connectivity index (χ0) is 17.4. The highest BCUT2D eigenvalue weighted by Gasteiger charge is 2.33. The highest BCUT2D eigenvalue weighted by atomic mass is 16.5. The molecule has 1 fully saturated rings. The third-order valence-electron chi connectivity index (χ3n) is 5.21. The van der Waals surface area contributed by atoms with E-state index in [4.69, 9.17) is 4.74 Å². The number of nitrogens with zero attached hydrogens (tertiary/aromatic N) is 1. The summed E-state index contributed by atoms with van der Waals surface area (Å²) >= 11 is 0. The highest BCUT2D eigenvalue weighted by molar-refractivity contribution is 5.80. The lowest BCUT2D eigenvalue weighted by Crippen LogP contribution is -2.35. The van der Waals surface area contributed by atoms with E-state index in [1.165, 1.54) is 22.3 Å². The number of carbonyl (C=O) groups is 1. The molecule has 0 spiro atoms. The van der Waals surface area contributed by atoms with Crippen LogP contribution in [0.1, 0.15) is 30.0 Å². The van der Waals surface area contributed by atoms with E-state index < -0.39 is 0 Å². The minimum Gasteiger partial charge on any atom is -0.364 e. The number of likely N-dealkylation sites (N-methyl/N-ethyl adjacent to an activating group) is 1. The molecule has 2 aliphatic rings. The number of fused-ring (bicyclic) bond motifs is 3. The van der Waals surface area contributed by atoms with Crippen LogP contribution in [0.25, 0.3) is 11.1 Å². The summed E-state index contributed by atoms with van der Waals surface area (Å²) in [7, 11) is 3.56. The molecule has 2 unspecified atom stereocenters. The van der Waals surface area contributed by atoms with E-state index in [-0.39, 0.29) is 24.2 Å². The number of rotatable bonds is 4. The Morgan fingerprint density at radius 3 is 2.24 bits per heavy atom. The molecule has 130 valence electrons. The zero-order valence-electron chi connectivity index (χ0n) is 14.7. The summed E-state index contributed by atoms with van der Waals surface area (Å²) in [4.78, 5) is 13.7. The Balaban J connectivity index is 1.46. The predicted molar refractivity (Wildman–Crippen MR) is 98.3 cm³/mol. The van der Waals surface area contributed by atoms with Crippen molar-refractivity contribution in [2.45, 2.75) is 31.1 Å². The first-order valence-electron chi connectivity index (χ1n) is 8.93. The molecule has 0 saturated carbocycles. The second kappa shape index (κ2) is 6.62. The molecule has 1 N–H and O–H groups in total. The largest absolute Gasteiger partial charge is 0.364 e. The van der Waals surface area contributed by atoms with E-state index in [1.807, 2.05) is 0 Å². The van der Waals surface area contributed by atoms with Gasteiger partial charge in [0, 0.05) is 20.6 Å². The predicted octanol–water partition coefficient (Wildman–Crippen LogP) is 2.98. The van der Waals surface area contributed by atoms with Gasteiger partial charge in [-0.3, -0.25) is 4.79 Å². The summed E-state index contributed by atoms with van der Waals surface area (Å²) in [6.07, 6.45) is 1.54. The summed E-state index contributed by atoms with van der Waals surface area (Å²) in [6.45, 7) is 0.755. The molecule has 1 amide bonds. The second-order valence-electron chi connectivity index (χ2n) is 7.07. The Morgan fingerprint density at radius 1 is 1.04 bits per heavy atom. The van der Waals surface area contributed by atoms with Gasteiger partial charge in [0.15, 0.2) is 0 Å². The van der Waals surface area contributed by atoms with E-state index in [9.17, 15) is 4.79 Å². The Bertz CT molecular complexity index is 741. The molecule has 25 heavy (non-hydrogen) atoms. The van der Waals surface area contributed by atoms with Gasteiger partial charge in [-0.25, -0.2) is 0 Å². The normalized spacial score (nSPS) is 21.8. The van der Waals surface area contributed by atoms with Crippen molar-refractivity contribution >= 4 is 5.91 Å². The van der Waals surface area contributed by atoms with Gasteiger partial charge >= 0.3 is 0 Å². The maximum Gasteiger partial charge on any atom is 0.251 e. The lowest BCUT2D eigenvalue weighted by atomic mass is 10.0. The summed E-state index contributed by atoms with van der Waals surface area (Å²) in [6, 6.07) is 17.3. The summed E-state index contributed by atoms with van der Waals surface area (Å²) in [5, 5.41) is 3.67. The van der Waals surface area contributed by atoms with Gasteiger partial charge in [-0.1, -0.05) is 48.5 Å². The number of nitrogens with one attached hydrogen (secondary N) is 1. The van der Waals surface area contributed by atoms with Crippen LogP contribution in [0.3, 0.4) is 0 Å². The van der Waals surface area contributed by atoms with E-state index in [0.717, 1.165) is 19.4 Å². The molecule has 2 aromatic carbocycles. The molecule has 4 rings (SSSR count). The van der Waals surface area contributed by atoms with Gasteiger partial charge in [0.2, 0.25) is 0 Å². The van der Waals surface area contributed by atoms with E-state index in [2.05, 4.69) is 53.8 Å². The maximum atomic E-state index is 12.1. The van der Waals surface area contributed by atoms with Crippen molar-refractivity contribution in [3.8, 4) is 11.1 Å².